The molecule has 1 aliphatic rings. The van der Waals surface area contributed by atoms with E-state index in [0.717, 1.165) is 17.8 Å². The maximum absolute atomic E-state index is 8.60. The van der Waals surface area contributed by atoms with Gasteiger partial charge >= 0.3 is 0 Å². The number of aromatic nitrogens is 3. The first kappa shape index (κ1) is 28.3. The molecule has 1 atom stereocenters. The van der Waals surface area contributed by atoms with E-state index < -0.39 is 11.6 Å². The Balaban J connectivity index is 1.37. The Labute approximate surface area is 237 Å². The Hall–Kier alpha value is -3.73. The van der Waals surface area contributed by atoms with Gasteiger partial charge in [0.05, 0.1) is 27.0 Å². The van der Waals surface area contributed by atoms with Crippen molar-refractivity contribution in [3.8, 4) is 5.75 Å². The number of halogens is 2. The number of hydrogen-bond acceptors (Lipinski definition) is 9. The van der Waals surface area contributed by atoms with E-state index >= 15 is 0 Å². The lowest BCUT2D eigenvalue weighted by atomic mass is 9.87. The molecule has 0 saturated carbocycles. The number of likely N-dealkylation sites (tertiary alicyclic amines) is 1. The van der Waals surface area contributed by atoms with Crippen molar-refractivity contribution >= 4 is 40.4 Å². The van der Waals surface area contributed by atoms with Crippen molar-refractivity contribution in [2.45, 2.75) is 38.3 Å². The van der Waals surface area contributed by atoms with Crippen molar-refractivity contribution in [3.63, 3.8) is 0 Å². The maximum Gasteiger partial charge on any atom is 0.147 e. The minimum atomic E-state index is -0.619. The number of ether oxygens (including phenoxy) is 1. The molecule has 0 unspecified atom stereocenters. The first-order chi connectivity index (χ1) is 18.6. The van der Waals surface area contributed by atoms with Crippen molar-refractivity contribution < 1.29 is 4.74 Å². The van der Waals surface area contributed by atoms with Gasteiger partial charge in [-0.2, -0.15) is 15.3 Å². The zero-order valence-electron chi connectivity index (χ0n) is 21.7. The molecule has 2 aromatic heterocycles. The maximum atomic E-state index is 8.60. The Morgan fingerprint density at radius 1 is 1.21 bits per heavy atom. The second-order valence-corrected chi connectivity index (χ2v) is 10.2. The molecular weight excluding hydrogens is 537 g/mol. The summed E-state index contributed by atoms with van der Waals surface area (Å²) in [6, 6.07) is 9.03. The smallest absolute Gasteiger partial charge is 0.147 e. The molecule has 7 N–H and O–H groups in total. The van der Waals surface area contributed by atoms with E-state index in [2.05, 4.69) is 20.3 Å². The molecule has 0 spiro atoms. The molecule has 10 nitrogen and oxygen atoms in total. The van der Waals surface area contributed by atoms with Gasteiger partial charge in [-0.3, -0.25) is 4.98 Å². The standard InChI is InChI=1S/C27H31Cl2N9O/c1-3-17-7-10-24(37-36-17)27(32)14-38(15-27)25(35-33)6-4-5-22(30)19-11-18(8-9-23(19)31)39-16(2)26-20(28)12-34-13-21(26)29/h4,6-13,16,30H,3,5,14-15,31-33H2,1-2H3/b6-4-,30-22?,35-25+/t16-/m1/s1. The second kappa shape index (κ2) is 12.0. The number of amidine groups is 1. The number of nitrogens with zero attached hydrogens (tertiary/aromatic N) is 5. The van der Waals surface area contributed by atoms with Crippen LogP contribution in [-0.2, 0) is 12.0 Å². The molecule has 0 amide bonds. The van der Waals surface area contributed by atoms with Crippen LogP contribution in [0.5, 0.6) is 5.75 Å². The fraction of sp³-hybridized carbons (Fsp3) is 0.296. The molecule has 1 aliphatic heterocycles. The van der Waals surface area contributed by atoms with Gasteiger partial charge in [0.2, 0.25) is 0 Å². The molecule has 4 rings (SSSR count). The molecular formula is C27H31Cl2N9O. The molecule has 204 valence electrons. The molecule has 39 heavy (non-hydrogen) atoms. The van der Waals surface area contributed by atoms with Gasteiger partial charge in [0.15, 0.2) is 0 Å². The van der Waals surface area contributed by atoms with Gasteiger partial charge < -0.3 is 32.4 Å². The first-order valence-electron chi connectivity index (χ1n) is 12.4. The van der Waals surface area contributed by atoms with Crippen LogP contribution >= 0.6 is 23.2 Å². The minimum Gasteiger partial charge on any atom is -0.486 e. The van der Waals surface area contributed by atoms with E-state index in [9.17, 15) is 0 Å². The summed E-state index contributed by atoms with van der Waals surface area (Å²) in [6.07, 6.45) is 7.29. The van der Waals surface area contributed by atoms with Crippen molar-refractivity contribution in [2.75, 3.05) is 18.8 Å². The Kier molecular flexibility index (Phi) is 8.69. The number of nitrogen functional groups attached to an aromatic ring is 1. The number of nitrogens with two attached hydrogens (primary N) is 3. The van der Waals surface area contributed by atoms with E-state index in [4.69, 9.17) is 50.7 Å². The number of nitrogens with one attached hydrogen (secondary N) is 1. The monoisotopic (exact) mass is 567 g/mol. The Morgan fingerprint density at radius 2 is 1.92 bits per heavy atom. The molecule has 3 aromatic rings. The van der Waals surface area contributed by atoms with Crippen LogP contribution in [0.15, 0.2) is 60.0 Å². The van der Waals surface area contributed by atoms with Crippen LogP contribution in [-0.4, -0.2) is 44.7 Å². The summed E-state index contributed by atoms with van der Waals surface area (Å²) in [4.78, 5) is 5.93. The molecule has 1 aromatic carbocycles. The second-order valence-electron chi connectivity index (χ2n) is 9.37. The lowest BCUT2D eigenvalue weighted by molar-refractivity contribution is 0.141. The minimum absolute atomic E-state index is 0.301. The van der Waals surface area contributed by atoms with Crippen LogP contribution in [0.2, 0.25) is 10.0 Å². The highest BCUT2D eigenvalue weighted by molar-refractivity contribution is 6.35. The molecule has 0 bridgehead atoms. The molecule has 0 aliphatic carbocycles. The van der Waals surface area contributed by atoms with Gasteiger partial charge in [-0.25, -0.2) is 0 Å². The third-order valence-electron chi connectivity index (χ3n) is 6.54. The zero-order valence-corrected chi connectivity index (χ0v) is 23.2. The normalized spacial score (nSPS) is 15.7. The van der Waals surface area contributed by atoms with E-state index in [1.54, 1.807) is 24.3 Å². The average molecular weight is 569 g/mol. The largest absolute Gasteiger partial charge is 0.486 e. The van der Waals surface area contributed by atoms with Crippen molar-refractivity contribution in [2.24, 2.45) is 16.7 Å². The van der Waals surface area contributed by atoms with Gasteiger partial charge in [0, 0.05) is 54.4 Å². The number of hydrogen-bond donors (Lipinski definition) is 4. The van der Waals surface area contributed by atoms with Crippen molar-refractivity contribution in [1.29, 1.82) is 5.41 Å². The van der Waals surface area contributed by atoms with Crippen LogP contribution in [0.25, 0.3) is 0 Å². The third-order valence-corrected chi connectivity index (χ3v) is 7.15. The summed E-state index contributed by atoms with van der Waals surface area (Å²) in [7, 11) is 0. The molecule has 1 saturated heterocycles. The molecule has 3 heterocycles. The van der Waals surface area contributed by atoms with Crippen LogP contribution in [0.3, 0.4) is 0 Å². The highest BCUT2D eigenvalue weighted by Crippen LogP contribution is 2.33. The topological polar surface area (TPSA) is 165 Å². The SMILES string of the molecule is CCc1ccc(C2(N)CN(C(/C=C\CC(=N)c3cc(O[C@H](C)c4c(Cl)cncc4Cl)ccc3N)=N/N)C2)nn1. The van der Waals surface area contributed by atoms with Crippen LogP contribution < -0.4 is 22.0 Å². The van der Waals surface area contributed by atoms with Crippen LogP contribution in [0.4, 0.5) is 5.69 Å². The number of benzene rings is 1. The van der Waals surface area contributed by atoms with Gasteiger partial charge in [0.25, 0.3) is 0 Å². The molecule has 0 radical (unpaired) electrons. The van der Waals surface area contributed by atoms with E-state index in [1.807, 2.05) is 37.0 Å². The predicted molar refractivity (Wildman–Crippen MR) is 155 cm³/mol. The zero-order chi connectivity index (χ0) is 28.2. The summed E-state index contributed by atoms with van der Waals surface area (Å²) in [5.74, 6) is 6.74. The number of hydrazone groups is 1. The summed E-state index contributed by atoms with van der Waals surface area (Å²) < 4.78 is 6.06. The van der Waals surface area contributed by atoms with Gasteiger partial charge in [-0.15, -0.1) is 0 Å². The van der Waals surface area contributed by atoms with Gasteiger partial charge in [-0.05, 0) is 49.8 Å². The Bertz CT molecular complexity index is 1380. The van der Waals surface area contributed by atoms with Crippen LogP contribution in [0, 0.1) is 5.41 Å². The third kappa shape index (κ3) is 6.30. The van der Waals surface area contributed by atoms with Crippen molar-refractivity contribution in [1.82, 2.24) is 20.1 Å². The number of pyridine rings is 1. The number of rotatable bonds is 9. The summed E-state index contributed by atoms with van der Waals surface area (Å²) >= 11 is 12.5. The predicted octanol–water partition coefficient (Wildman–Crippen LogP) is 4.22. The number of aryl methyl sites for hydroxylation is 1. The van der Waals surface area contributed by atoms with E-state index in [1.165, 1.54) is 12.4 Å². The van der Waals surface area contributed by atoms with E-state index in [0.29, 0.717) is 63.7 Å². The highest BCUT2D eigenvalue weighted by atomic mass is 35.5. The summed E-state index contributed by atoms with van der Waals surface area (Å²) in [6.45, 7) is 4.87. The van der Waals surface area contributed by atoms with Crippen molar-refractivity contribution in [3.05, 3.63) is 87.4 Å². The fourth-order valence-corrected chi connectivity index (χ4v) is 5.01. The van der Waals surface area contributed by atoms with Crippen LogP contribution in [0.1, 0.15) is 48.9 Å². The van der Waals surface area contributed by atoms with Gasteiger partial charge in [0.1, 0.15) is 17.7 Å². The first-order valence-corrected chi connectivity index (χ1v) is 13.1. The number of allylic oxidation sites excluding steroid dienone is 1. The summed E-state index contributed by atoms with van der Waals surface area (Å²) in [5.41, 5.74) is 15.7. The molecule has 12 heteroatoms. The average Bonchev–Trinajstić information content (AvgIpc) is 2.90. The lowest BCUT2D eigenvalue weighted by Crippen LogP contribution is -2.66. The van der Waals surface area contributed by atoms with Gasteiger partial charge in [-0.1, -0.05) is 36.2 Å². The molecule has 1 fully saturated rings. The quantitative estimate of drug-likeness (QED) is 0.0979. The highest BCUT2D eigenvalue weighted by Gasteiger charge is 2.43. The Morgan fingerprint density at radius 3 is 2.54 bits per heavy atom. The summed E-state index contributed by atoms with van der Waals surface area (Å²) in [5, 5.41) is 21.8. The lowest BCUT2D eigenvalue weighted by Gasteiger charge is -2.47. The number of anilines is 1. The fourth-order valence-electron chi connectivity index (χ4n) is 4.34. The van der Waals surface area contributed by atoms with E-state index in [-0.39, 0.29) is 0 Å².